The molecule has 0 aliphatic heterocycles. The van der Waals surface area contributed by atoms with Crippen molar-refractivity contribution < 1.29 is 14.3 Å². The highest BCUT2D eigenvalue weighted by Crippen LogP contribution is 2.23. The Labute approximate surface area is 96.5 Å². The molecule has 0 unspecified atom stereocenters. The molecule has 4 nitrogen and oxygen atoms in total. The van der Waals surface area contributed by atoms with E-state index in [9.17, 15) is 4.79 Å². The van der Waals surface area contributed by atoms with Crippen LogP contribution in [0.3, 0.4) is 0 Å². The quantitative estimate of drug-likeness (QED) is 0.816. The molecular formula is C11H8ClNO3. The van der Waals surface area contributed by atoms with E-state index >= 15 is 0 Å². The first-order chi connectivity index (χ1) is 7.56. The Bertz CT molecular complexity index is 548. The lowest BCUT2D eigenvalue weighted by atomic mass is 10.2. The second-order valence-electron chi connectivity index (χ2n) is 3.28. The van der Waals surface area contributed by atoms with Gasteiger partial charge in [0.2, 0.25) is 0 Å². The first kappa shape index (κ1) is 10.7. The SMILES string of the molecule is Cc1ccc(-c2cc(C(=O)O)cc(Cl)n2)o1. The number of aromatic nitrogens is 1. The van der Waals surface area contributed by atoms with Crippen LogP contribution < -0.4 is 0 Å². The van der Waals surface area contributed by atoms with E-state index < -0.39 is 5.97 Å². The third kappa shape index (κ3) is 2.06. The van der Waals surface area contributed by atoms with Crippen molar-refractivity contribution in [3.8, 4) is 11.5 Å². The second-order valence-corrected chi connectivity index (χ2v) is 3.67. The summed E-state index contributed by atoms with van der Waals surface area (Å²) in [6.45, 7) is 1.80. The minimum Gasteiger partial charge on any atom is -0.478 e. The summed E-state index contributed by atoms with van der Waals surface area (Å²) in [6.07, 6.45) is 0. The summed E-state index contributed by atoms with van der Waals surface area (Å²) in [7, 11) is 0. The van der Waals surface area contributed by atoms with Gasteiger partial charge in [0.05, 0.1) is 5.56 Å². The Morgan fingerprint density at radius 3 is 2.75 bits per heavy atom. The second kappa shape index (κ2) is 3.98. The summed E-state index contributed by atoms with van der Waals surface area (Å²) < 4.78 is 5.35. The molecule has 0 amide bonds. The van der Waals surface area contributed by atoms with Gasteiger partial charge in [-0.05, 0) is 31.2 Å². The summed E-state index contributed by atoms with van der Waals surface area (Å²) >= 11 is 5.73. The van der Waals surface area contributed by atoms with Gasteiger partial charge in [-0.3, -0.25) is 0 Å². The fourth-order valence-corrected chi connectivity index (χ4v) is 1.53. The first-order valence-corrected chi connectivity index (χ1v) is 4.92. The van der Waals surface area contributed by atoms with Crippen LogP contribution in [-0.4, -0.2) is 16.1 Å². The lowest BCUT2D eigenvalue weighted by molar-refractivity contribution is 0.0697. The molecule has 0 aromatic carbocycles. The van der Waals surface area contributed by atoms with E-state index in [1.807, 2.05) is 0 Å². The highest BCUT2D eigenvalue weighted by Gasteiger charge is 2.11. The lowest BCUT2D eigenvalue weighted by Crippen LogP contribution is -1.97. The molecule has 16 heavy (non-hydrogen) atoms. The Kier molecular flexibility index (Phi) is 2.66. The zero-order valence-electron chi connectivity index (χ0n) is 8.40. The van der Waals surface area contributed by atoms with Crippen molar-refractivity contribution in [3.05, 3.63) is 40.7 Å². The standard InChI is InChI=1S/C11H8ClNO3/c1-6-2-3-9(16-6)8-4-7(11(14)15)5-10(12)13-8/h2-5H,1H3,(H,14,15). The van der Waals surface area contributed by atoms with E-state index in [-0.39, 0.29) is 10.7 Å². The van der Waals surface area contributed by atoms with Crippen molar-refractivity contribution in [1.82, 2.24) is 4.98 Å². The molecule has 0 saturated carbocycles. The smallest absolute Gasteiger partial charge is 0.335 e. The van der Waals surface area contributed by atoms with Crippen molar-refractivity contribution in [1.29, 1.82) is 0 Å². The number of carbonyl (C=O) groups is 1. The Balaban J connectivity index is 2.53. The van der Waals surface area contributed by atoms with E-state index in [0.717, 1.165) is 5.76 Å². The average Bonchev–Trinajstić information content (AvgIpc) is 2.64. The van der Waals surface area contributed by atoms with Crippen LogP contribution >= 0.6 is 11.6 Å². The molecule has 82 valence electrons. The average molecular weight is 238 g/mol. The maximum Gasteiger partial charge on any atom is 0.335 e. The number of carboxylic acids is 1. The molecule has 2 aromatic rings. The third-order valence-corrected chi connectivity index (χ3v) is 2.23. The molecule has 0 spiro atoms. The van der Waals surface area contributed by atoms with Crippen LogP contribution in [0.2, 0.25) is 5.15 Å². The number of furan rings is 1. The maximum absolute atomic E-state index is 10.8. The largest absolute Gasteiger partial charge is 0.478 e. The minimum absolute atomic E-state index is 0.0871. The molecule has 0 saturated heterocycles. The van der Waals surface area contributed by atoms with Crippen molar-refractivity contribution in [2.45, 2.75) is 6.92 Å². The van der Waals surface area contributed by atoms with Crippen LogP contribution in [0.15, 0.2) is 28.7 Å². The lowest BCUT2D eigenvalue weighted by Gasteiger charge is -2.00. The highest BCUT2D eigenvalue weighted by molar-refractivity contribution is 6.29. The van der Waals surface area contributed by atoms with Gasteiger partial charge in [0.25, 0.3) is 0 Å². The molecular weight excluding hydrogens is 230 g/mol. The van der Waals surface area contributed by atoms with Gasteiger partial charge in [0, 0.05) is 0 Å². The van der Waals surface area contributed by atoms with Crippen molar-refractivity contribution in [2.24, 2.45) is 0 Å². The summed E-state index contributed by atoms with van der Waals surface area (Å²) in [6, 6.07) is 6.22. The molecule has 2 rings (SSSR count). The number of aryl methyl sites for hydroxylation is 1. The first-order valence-electron chi connectivity index (χ1n) is 4.54. The summed E-state index contributed by atoms with van der Waals surface area (Å²) in [5, 5.41) is 9.00. The Morgan fingerprint density at radius 2 is 2.19 bits per heavy atom. The van der Waals surface area contributed by atoms with Gasteiger partial charge < -0.3 is 9.52 Å². The van der Waals surface area contributed by atoms with Crippen LogP contribution in [0.5, 0.6) is 0 Å². The molecule has 1 N–H and O–H groups in total. The number of aromatic carboxylic acids is 1. The van der Waals surface area contributed by atoms with E-state index in [4.69, 9.17) is 21.1 Å². The number of carboxylic acid groups (broad SMARTS) is 1. The van der Waals surface area contributed by atoms with Crippen LogP contribution in [0.4, 0.5) is 0 Å². The number of nitrogens with zero attached hydrogens (tertiary/aromatic N) is 1. The molecule has 0 radical (unpaired) electrons. The molecule has 2 aromatic heterocycles. The van der Waals surface area contributed by atoms with Gasteiger partial charge in [-0.25, -0.2) is 9.78 Å². The number of hydrogen-bond acceptors (Lipinski definition) is 3. The minimum atomic E-state index is -1.05. The predicted molar refractivity (Wildman–Crippen MR) is 58.6 cm³/mol. The number of pyridine rings is 1. The summed E-state index contributed by atoms with van der Waals surface area (Å²) in [5.41, 5.74) is 0.502. The van der Waals surface area contributed by atoms with E-state index in [1.54, 1.807) is 19.1 Å². The zero-order chi connectivity index (χ0) is 11.7. The molecule has 0 fully saturated rings. The zero-order valence-corrected chi connectivity index (χ0v) is 9.15. The predicted octanol–water partition coefficient (Wildman–Crippen LogP) is 3.00. The fourth-order valence-electron chi connectivity index (χ4n) is 1.32. The summed E-state index contributed by atoms with van der Waals surface area (Å²) in [4.78, 5) is 14.8. The molecule has 0 bridgehead atoms. The maximum atomic E-state index is 10.8. The van der Waals surface area contributed by atoms with Crippen molar-refractivity contribution >= 4 is 17.6 Å². The molecule has 0 aliphatic rings. The molecule has 0 aliphatic carbocycles. The van der Waals surface area contributed by atoms with Crippen molar-refractivity contribution in [2.75, 3.05) is 0 Å². The van der Waals surface area contributed by atoms with Crippen LogP contribution in [0.1, 0.15) is 16.1 Å². The van der Waals surface area contributed by atoms with Crippen LogP contribution in [0.25, 0.3) is 11.5 Å². The van der Waals surface area contributed by atoms with Gasteiger partial charge in [-0.1, -0.05) is 11.6 Å². The van der Waals surface area contributed by atoms with Crippen LogP contribution in [0, 0.1) is 6.92 Å². The van der Waals surface area contributed by atoms with E-state index in [0.29, 0.717) is 11.5 Å². The van der Waals surface area contributed by atoms with Gasteiger partial charge in [0.1, 0.15) is 16.6 Å². The van der Waals surface area contributed by atoms with Gasteiger partial charge >= 0.3 is 5.97 Å². The summed E-state index contributed by atoms with van der Waals surface area (Å²) in [5.74, 6) is 0.185. The normalized spacial score (nSPS) is 10.4. The van der Waals surface area contributed by atoms with E-state index in [1.165, 1.54) is 12.1 Å². The molecule has 2 heterocycles. The topological polar surface area (TPSA) is 63.3 Å². The fraction of sp³-hybridized carbons (Fsp3) is 0.0909. The highest BCUT2D eigenvalue weighted by atomic mass is 35.5. The van der Waals surface area contributed by atoms with Gasteiger partial charge in [-0.15, -0.1) is 0 Å². The number of halogens is 1. The van der Waals surface area contributed by atoms with Crippen LogP contribution in [-0.2, 0) is 0 Å². The number of rotatable bonds is 2. The van der Waals surface area contributed by atoms with Gasteiger partial charge in [0.15, 0.2) is 5.76 Å². The number of hydrogen-bond donors (Lipinski definition) is 1. The molecule has 5 heteroatoms. The Hall–Kier alpha value is -1.81. The van der Waals surface area contributed by atoms with Crippen molar-refractivity contribution in [3.63, 3.8) is 0 Å². The third-order valence-electron chi connectivity index (χ3n) is 2.03. The monoisotopic (exact) mass is 237 g/mol. The Morgan fingerprint density at radius 1 is 1.44 bits per heavy atom. The molecule has 0 atom stereocenters. The van der Waals surface area contributed by atoms with Gasteiger partial charge in [-0.2, -0.15) is 0 Å². The van der Waals surface area contributed by atoms with E-state index in [2.05, 4.69) is 4.98 Å².